The van der Waals surface area contributed by atoms with E-state index in [1.165, 1.54) is 60.2 Å². The molecule has 0 amide bonds. The summed E-state index contributed by atoms with van der Waals surface area (Å²) in [4.78, 5) is -0.609. The maximum atomic E-state index is 13.7. The maximum absolute atomic E-state index is 13.7. The molecule has 0 atom stereocenters. The summed E-state index contributed by atoms with van der Waals surface area (Å²) < 4.78 is 73.8. The molecule has 178 valence electrons. The molecule has 0 spiro atoms. The van der Waals surface area contributed by atoms with Crippen LogP contribution in [0.2, 0.25) is 0 Å². The molecule has 3 aromatic rings. The third kappa shape index (κ3) is 4.73. The zero-order valence-corrected chi connectivity index (χ0v) is 19.8. The number of para-hydroxylation sites is 1. The number of rotatable bonds is 6. The number of benzene rings is 2. The van der Waals surface area contributed by atoms with Crippen LogP contribution in [0.4, 0.5) is 13.2 Å². The lowest BCUT2D eigenvalue weighted by Crippen LogP contribution is -2.13. The molecule has 0 fully saturated rings. The van der Waals surface area contributed by atoms with E-state index in [4.69, 9.17) is 4.74 Å². The van der Waals surface area contributed by atoms with Gasteiger partial charge in [0.1, 0.15) is 16.7 Å². The largest absolute Gasteiger partial charge is 0.497 e. The zero-order valence-electron chi connectivity index (χ0n) is 19.0. The van der Waals surface area contributed by atoms with Crippen LogP contribution >= 0.6 is 0 Å². The van der Waals surface area contributed by atoms with Gasteiger partial charge in [0.2, 0.25) is 9.84 Å². The number of hydrogen-bond donors (Lipinski definition) is 0. The third-order valence-electron chi connectivity index (χ3n) is 5.41. The monoisotopic (exact) mass is 488 g/mol. The Hall–Kier alpha value is -3.51. The van der Waals surface area contributed by atoms with Crippen molar-refractivity contribution in [3.05, 3.63) is 82.0 Å². The molecule has 1 heterocycles. The lowest BCUT2D eigenvalue weighted by molar-refractivity contribution is -0.137. The normalized spacial score (nSPS) is 12.6. The summed E-state index contributed by atoms with van der Waals surface area (Å²) >= 11 is 0. The Morgan fingerprint density at radius 3 is 2.26 bits per heavy atom. The lowest BCUT2D eigenvalue weighted by atomic mass is 10.1. The van der Waals surface area contributed by atoms with Gasteiger partial charge in [-0.3, -0.25) is 0 Å². The number of sulfone groups is 1. The summed E-state index contributed by atoms with van der Waals surface area (Å²) in [6.45, 7) is 5.25. The number of methoxy groups -OCH3 is 1. The van der Waals surface area contributed by atoms with Gasteiger partial charge in [0.15, 0.2) is 0 Å². The van der Waals surface area contributed by atoms with Gasteiger partial charge in [-0.1, -0.05) is 26.0 Å². The first-order valence-electron chi connectivity index (χ1n) is 10.3. The van der Waals surface area contributed by atoms with Crippen molar-refractivity contribution in [2.75, 3.05) is 7.11 Å². The molecule has 0 aliphatic carbocycles. The number of halogens is 3. The van der Waals surface area contributed by atoms with Crippen LogP contribution in [0.15, 0.2) is 64.4 Å². The number of ether oxygens (including phenoxy) is 1. The SMILES string of the molecule is COc1ccc(S(=O)(=O)/C(C#N)=C/c2cc(C(C)C)n(-c3ccccc3C(F)(F)F)c2C)cc1. The first kappa shape index (κ1) is 25.1. The van der Waals surface area contributed by atoms with Crippen molar-refractivity contribution in [1.29, 1.82) is 5.26 Å². The van der Waals surface area contributed by atoms with Gasteiger partial charge >= 0.3 is 6.18 Å². The molecule has 0 aliphatic rings. The molecule has 2 aromatic carbocycles. The topological polar surface area (TPSA) is 72.1 Å². The minimum absolute atomic E-state index is 0.0626. The van der Waals surface area contributed by atoms with Crippen molar-refractivity contribution < 1.29 is 26.3 Å². The van der Waals surface area contributed by atoms with Gasteiger partial charge in [0, 0.05) is 11.4 Å². The number of nitriles is 1. The maximum Gasteiger partial charge on any atom is 0.418 e. The minimum Gasteiger partial charge on any atom is -0.497 e. The summed E-state index contributed by atoms with van der Waals surface area (Å²) in [5.74, 6) is 0.283. The smallest absolute Gasteiger partial charge is 0.418 e. The standard InChI is InChI=1S/C25H23F3N2O3S/c1-16(2)24-14-18(17(3)30(24)23-8-6-5-7-22(23)25(26,27)28)13-21(15-29)34(31,32)20-11-9-19(33-4)10-12-20/h5-14,16H,1-4H3/b21-13+. The van der Waals surface area contributed by atoms with E-state index in [1.807, 2.05) is 13.8 Å². The molecule has 0 saturated carbocycles. The Morgan fingerprint density at radius 1 is 1.12 bits per heavy atom. The third-order valence-corrected chi connectivity index (χ3v) is 7.09. The molecule has 1 aromatic heterocycles. The highest BCUT2D eigenvalue weighted by atomic mass is 32.2. The Morgan fingerprint density at radius 2 is 1.74 bits per heavy atom. The van der Waals surface area contributed by atoms with Crippen molar-refractivity contribution in [2.45, 2.75) is 37.8 Å². The summed E-state index contributed by atoms with van der Waals surface area (Å²) in [7, 11) is -2.71. The molecule has 0 bridgehead atoms. The number of nitrogens with zero attached hydrogens (tertiary/aromatic N) is 2. The number of allylic oxidation sites excluding steroid dienone is 1. The van der Waals surface area contributed by atoms with E-state index in [0.29, 0.717) is 22.7 Å². The fraction of sp³-hybridized carbons (Fsp3) is 0.240. The first-order chi connectivity index (χ1) is 15.9. The van der Waals surface area contributed by atoms with Gasteiger partial charge in [-0.25, -0.2) is 8.42 Å². The highest BCUT2D eigenvalue weighted by Crippen LogP contribution is 2.37. The van der Waals surface area contributed by atoms with E-state index in [2.05, 4.69) is 0 Å². The molecule has 0 saturated heterocycles. The molecule has 0 radical (unpaired) electrons. The Kier molecular flexibility index (Phi) is 6.94. The van der Waals surface area contributed by atoms with Crippen molar-refractivity contribution in [1.82, 2.24) is 4.57 Å². The molecule has 0 N–H and O–H groups in total. The van der Waals surface area contributed by atoms with E-state index in [9.17, 15) is 26.9 Å². The van der Waals surface area contributed by atoms with Gasteiger partial charge in [0.25, 0.3) is 0 Å². The lowest BCUT2D eigenvalue weighted by Gasteiger charge is -2.19. The Labute approximate surface area is 196 Å². The van der Waals surface area contributed by atoms with E-state index in [0.717, 1.165) is 6.07 Å². The second kappa shape index (κ2) is 9.39. The fourth-order valence-electron chi connectivity index (χ4n) is 3.64. The predicted octanol–water partition coefficient (Wildman–Crippen LogP) is 6.27. The molecular weight excluding hydrogens is 465 g/mol. The Bertz CT molecular complexity index is 1380. The molecule has 34 heavy (non-hydrogen) atoms. The molecule has 3 rings (SSSR count). The fourth-order valence-corrected chi connectivity index (χ4v) is 4.79. The van der Waals surface area contributed by atoms with Crippen LogP contribution < -0.4 is 4.74 Å². The average Bonchev–Trinajstić information content (AvgIpc) is 3.12. The van der Waals surface area contributed by atoms with Crippen molar-refractivity contribution in [2.24, 2.45) is 0 Å². The van der Waals surface area contributed by atoms with Gasteiger partial charge < -0.3 is 9.30 Å². The first-order valence-corrected chi connectivity index (χ1v) is 11.8. The minimum atomic E-state index is -4.58. The van der Waals surface area contributed by atoms with E-state index < -0.39 is 26.5 Å². The van der Waals surface area contributed by atoms with Crippen molar-refractivity contribution >= 4 is 15.9 Å². The van der Waals surface area contributed by atoms with Crippen molar-refractivity contribution in [3.8, 4) is 17.5 Å². The molecule has 0 unspecified atom stereocenters. The molecule has 0 aliphatic heterocycles. The summed E-state index contributed by atoms with van der Waals surface area (Å²) in [5, 5.41) is 9.65. The quantitative estimate of drug-likeness (QED) is 0.383. The van der Waals surface area contributed by atoms with Crippen LogP contribution in [0.5, 0.6) is 5.75 Å². The molecule has 5 nitrogen and oxygen atoms in total. The average molecular weight is 489 g/mol. The van der Waals surface area contributed by atoms with Crippen LogP contribution in [-0.4, -0.2) is 20.1 Å². The van der Waals surface area contributed by atoms with Crippen LogP contribution in [0.3, 0.4) is 0 Å². The van der Waals surface area contributed by atoms with Gasteiger partial charge in [-0.15, -0.1) is 0 Å². The highest BCUT2D eigenvalue weighted by molar-refractivity contribution is 7.95. The molecular formula is C25H23F3N2O3S. The molecule has 9 heteroatoms. The number of alkyl halides is 3. The summed E-state index contributed by atoms with van der Waals surface area (Å²) in [6.07, 6.45) is -3.37. The van der Waals surface area contributed by atoms with E-state index in [-0.39, 0.29) is 16.5 Å². The van der Waals surface area contributed by atoms with E-state index >= 15 is 0 Å². The predicted molar refractivity (Wildman–Crippen MR) is 123 cm³/mol. The van der Waals surface area contributed by atoms with Crippen LogP contribution in [-0.2, 0) is 16.0 Å². The van der Waals surface area contributed by atoms with Gasteiger partial charge in [-0.2, -0.15) is 18.4 Å². The summed E-state index contributed by atoms with van der Waals surface area (Å²) in [6, 6.07) is 14.1. The Balaban J connectivity index is 2.21. The van der Waals surface area contributed by atoms with E-state index in [1.54, 1.807) is 19.1 Å². The van der Waals surface area contributed by atoms with Gasteiger partial charge in [0.05, 0.1) is 23.3 Å². The second-order valence-corrected chi connectivity index (χ2v) is 9.83. The highest BCUT2D eigenvalue weighted by Gasteiger charge is 2.34. The van der Waals surface area contributed by atoms with Crippen LogP contribution in [0, 0.1) is 18.3 Å². The summed E-state index contributed by atoms with van der Waals surface area (Å²) in [5.41, 5.74) is 0.414. The van der Waals surface area contributed by atoms with Crippen LogP contribution in [0.25, 0.3) is 11.8 Å². The zero-order chi connectivity index (χ0) is 25.3. The van der Waals surface area contributed by atoms with Gasteiger partial charge in [-0.05, 0) is 66.9 Å². The number of aromatic nitrogens is 1. The van der Waals surface area contributed by atoms with Crippen molar-refractivity contribution in [3.63, 3.8) is 0 Å². The number of hydrogen-bond acceptors (Lipinski definition) is 4. The second-order valence-electron chi connectivity index (χ2n) is 7.91. The van der Waals surface area contributed by atoms with Crippen LogP contribution in [0.1, 0.15) is 42.3 Å².